The van der Waals surface area contributed by atoms with Crippen molar-refractivity contribution in [2.45, 2.75) is 0 Å². The van der Waals surface area contributed by atoms with Crippen molar-refractivity contribution in [1.29, 1.82) is 0 Å². The van der Waals surface area contributed by atoms with Gasteiger partial charge in [-0.15, -0.1) is 0 Å². The van der Waals surface area contributed by atoms with Crippen molar-refractivity contribution in [2.24, 2.45) is 0 Å². The molecule has 0 aliphatic heterocycles. The van der Waals surface area contributed by atoms with Crippen LogP contribution in [0.5, 0.6) is 0 Å². The van der Waals surface area contributed by atoms with Gasteiger partial charge in [0.05, 0.1) is 0 Å². The molecule has 3 heteroatoms. The Kier molecular flexibility index (Phi) is 8.08. The normalized spacial score (nSPS) is 7.75. The third-order valence-electron chi connectivity index (χ3n) is 0.556. The van der Waals surface area contributed by atoms with E-state index in [0.29, 0.717) is 0 Å². The van der Waals surface area contributed by atoms with Gasteiger partial charge in [0.15, 0.2) is 0 Å². The number of halogens is 2. The summed E-state index contributed by atoms with van der Waals surface area (Å²) < 4.78 is 0. The first-order valence-corrected chi connectivity index (χ1v) is 6.41. The predicted octanol–water partition coefficient (Wildman–Crippen LogP) is 2.78. The molecular formula is C5H5Cl2Ru-. The SMILES string of the molecule is [Cl][Ru][Cl].c1cc[cH-]c1. The van der Waals surface area contributed by atoms with Gasteiger partial charge in [-0.25, -0.2) is 12.1 Å². The van der Waals surface area contributed by atoms with Crippen LogP contribution in [0.2, 0.25) is 0 Å². The molecule has 0 spiro atoms. The smallest absolute Gasteiger partial charge is 0.172 e. The average Bonchev–Trinajstić information content (AvgIpc) is 2.17. The van der Waals surface area contributed by atoms with Crippen LogP contribution in [0.3, 0.4) is 0 Å². The van der Waals surface area contributed by atoms with Gasteiger partial charge in [0.25, 0.3) is 0 Å². The van der Waals surface area contributed by atoms with Crippen LogP contribution in [0.1, 0.15) is 0 Å². The summed E-state index contributed by atoms with van der Waals surface area (Å²) >= 11 is -0.346. The molecule has 0 saturated carbocycles. The molecule has 0 fully saturated rings. The minimum Gasteiger partial charge on any atom is -0.214 e. The Hall–Kier alpha value is 0.553. The molecule has 0 heterocycles. The minimum absolute atomic E-state index is 0.346. The van der Waals surface area contributed by atoms with E-state index in [1.165, 1.54) is 0 Å². The molecule has 0 atom stereocenters. The van der Waals surface area contributed by atoms with E-state index in [2.05, 4.69) is 0 Å². The van der Waals surface area contributed by atoms with Gasteiger partial charge in [0.1, 0.15) is 0 Å². The van der Waals surface area contributed by atoms with Crippen LogP contribution < -0.4 is 0 Å². The summed E-state index contributed by atoms with van der Waals surface area (Å²) in [6, 6.07) is 10.0. The zero-order valence-electron chi connectivity index (χ0n) is 4.00. The molecule has 1 aromatic carbocycles. The molecular weight excluding hydrogens is 232 g/mol. The maximum atomic E-state index is 4.85. The van der Waals surface area contributed by atoms with E-state index in [1.807, 2.05) is 30.3 Å². The summed E-state index contributed by atoms with van der Waals surface area (Å²) in [6.07, 6.45) is 0. The van der Waals surface area contributed by atoms with Crippen LogP contribution in [-0.4, -0.2) is 0 Å². The van der Waals surface area contributed by atoms with E-state index in [9.17, 15) is 0 Å². The fraction of sp³-hybridized carbons (Fsp3) is 0. The van der Waals surface area contributed by atoms with Crippen molar-refractivity contribution in [3.63, 3.8) is 0 Å². The molecule has 0 aliphatic rings. The quantitative estimate of drug-likeness (QED) is 0.480. The van der Waals surface area contributed by atoms with E-state index in [0.717, 1.165) is 0 Å². The van der Waals surface area contributed by atoms with Crippen molar-refractivity contribution in [2.75, 3.05) is 0 Å². The van der Waals surface area contributed by atoms with Crippen molar-refractivity contribution in [3.05, 3.63) is 30.3 Å². The van der Waals surface area contributed by atoms with Crippen molar-refractivity contribution < 1.29 is 15.1 Å². The summed E-state index contributed by atoms with van der Waals surface area (Å²) in [5.41, 5.74) is 0. The van der Waals surface area contributed by atoms with Crippen LogP contribution in [0.25, 0.3) is 0 Å². The second-order valence-corrected chi connectivity index (χ2v) is 3.65. The van der Waals surface area contributed by atoms with Crippen molar-refractivity contribution >= 4 is 19.4 Å². The van der Waals surface area contributed by atoms with E-state index in [1.54, 1.807) is 0 Å². The molecule has 0 radical (unpaired) electrons. The molecule has 48 valence electrons. The Morgan fingerprint density at radius 1 is 1.12 bits per heavy atom. The Morgan fingerprint density at radius 2 is 1.50 bits per heavy atom. The fourth-order valence-corrected chi connectivity index (χ4v) is 0.321. The number of hydrogen-bond donors (Lipinski definition) is 0. The predicted molar refractivity (Wildman–Crippen MR) is 33.7 cm³/mol. The van der Waals surface area contributed by atoms with Gasteiger partial charge in [-0.1, -0.05) is 0 Å². The standard InChI is InChI=1S/C5H5.2ClH.Ru/c1-2-4-5-3-1;;;/h1-5H;2*1H;/q-1;;;+2/p-2. The molecule has 0 aliphatic carbocycles. The van der Waals surface area contributed by atoms with E-state index >= 15 is 0 Å². The van der Waals surface area contributed by atoms with E-state index < -0.39 is 0 Å². The fourth-order valence-electron chi connectivity index (χ4n) is 0.321. The first-order valence-electron chi connectivity index (χ1n) is 1.93. The molecule has 0 saturated heterocycles. The van der Waals surface area contributed by atoms with Gasteiger partial charge in [-0.3, -0.25) is 0 Å². The molecule has 8 heavy (non-hydrogen) atoms. The first kappa shape index (κ1) is 8.55. The molecule has 0 nitrogen and oxygen atoms in total. The Labute approximate surface area is 64.8 Å². The average molecular weight is 237 g/mol. The maximum absolute atomic E-state index is 4.85. The topological polar surface area (TPSA) is 0 Å². The molecule has 0 aromatic heterocycles. The van der Waals surface area contributed by atoms with Crippen molar-refractivity contribution in [1.82, 2.24) is 0 Å². The van der Waals surface area contributed by atoms with Gasteiger partial charge in [-0.2, -0.15) is 18.2 Å². The first-order chi connectivity index (χ1) is 3.91. The molecule has 0 unspecified atom stereocenters. The third kappa shape index (κ3) is 6.55. The molecule has 1 aromatic rings. The third-order valence-corrected chi connectivity index (χ3v) is 0.556. The maximum Gasteiger partial charge on any atom is -0.172 e. The summed E-state index contributed by atoms with van der Waals surface area (Å²) in [4.78, 5) is 0. The zero-order chi connectivity index (χ0) is 6.24. The van der Waals surface area contributed by atoms with Gasteiger partial charge >= 0.3 is 34.5 Å². The molecule has 0 N–H and O–H groups in total. The number of hydrogen-bond acceptors (Lipinski definition) is 0. The van der Waals surface area contributed by atoms with Gasteiger partial charge in [0, 0.05) is 0 Å². The van der Waals surface area contributed by atoms with E-state index in [4.69, 9.17) is 19.4 Å². The summed E-state index contributed by atoms with van der Waals surface area (Å²) in [5, 5.41) is 0. The largest absolute Gasteiger partial charge is 0.214 e. The molecule has 0 amide bonds. The summed E-state index contributed by atoms with van der Waals surface area (Å²) in [6.45, 7) is 0. The van der Waals surface area contributed by atoms with Crippen LogP contribution in [-0.2, 0) is 15.1 Å². The summed E-state index contributed by atoms with van der Waals surface area (Å²) in [7, 11) is 9.71. The molecule has 0 bridgehead atoms. The zero-order valence-corrected chi connectivity index (χ0v) is 7.25. The number of rotatable bonds is 0. The Bertz CT molecular complexity index is 77.3. The van der Waals surface area contributed by atoms with Gasteiger partial charge in [0.2, 0.25) is 0 Å². The minimum atomic E-state index is -0.346. The summed E-state index contributed by atoms with van der Waals surface area (Å²) in [5.74, 6) is 0. The van der Waals surface area contributed by atoms with Gasteiger partial charge in [-0.05, 0) is 0 Å². The van der Waals surface area contributed by atoms with Gasteiger partial charge < -0.3 is 0 Å². The second kappa shape index (κ2) is 7.55. The van der Waals surface area contributed by atoms with Crippen LogP contribution in [0, 0.1) is 0 Å². The van der Waals surface area contributed by atoms with Crippen molar-refractivity contribution in [3.8, 4) is 0 Å². The molecule has 1 rings (SSSR count). The van der Waals surface area contributed by atoms with Crippen LogP contribution >= 0.6 is 19.4 Å². The Morgan fingerprint density at radius 3 is 1.62 bits per heavy atom. The second-order valence-electron chi connectivity index (χ2n) is 1.01. The van der Waals surface area contributed by atoms with Crippen LogP contribution in [0.4, 0.5) is 0 Å². The van der Waals surface area contributed by atoms with E-state index in [-0.39, 0.29) is 15.1 Å². The van der Waals surface area contributed by atoms with Crippen LogP contribution in [0.15, 0.2) is 30.3 Å². The monoisotopic (exact) mass is 237 g/mol. The Balaban J connectivity index is 0.000000145.